The highest BCUT2D eigenvalue weighted by Gasteiger charge is 2.34. The summed E-state index contributed by atoms with van der Waals surface area (Å²) >= 11 is 3.49. The summed E-state index contributed by atoms with van der Waals surface area (Å²) in [7, 11) is 0. The minimum atomic E-state index is 0.377. The first-order chi connectivity index (χ1) is 10.2. The number of hydrogen-bond acceptors (Lipinski definition) is 1. The molecule has 2 heteroatoms. The maximum atomic E-state index is 3.49. The third-order valence-corrected chi connectivity index (χ3v) is 4.57. The summed E-state index contributed by atoms with van der Waals surface area (Å²) in [5, 5.41) is 0.897. The van der Waals surface area contributed by atoms with Crippen LogP contribution in [-0.4, -0.2) is 11.4 Å². The van der Waals surface area contributed by atoms with Gasteiger partial charge in [-0.1, -0.05) is 70.9 Å². The van der Waals surface area contributed by atoms with E-state index < -0.39 is 0 Å². The van der Waals surface area contributed by atoms with Gasteiger partial charge in [0.05, 0.1) is 6.04 Å². The minimum absolute atomic E-state index is 0.377. The zero-order valence-electron chi connectivity index (χ0n) is 12.5. The predicted octanol–water partition coefficient (Wildman–Crippen LogP) is 5.57. The number of halogens is 1. The molecule has 0 bridgehead atoms. The zero-order chi connectivity index (χ0) is 14.8. The highest BCUT2D eigenvalue weighted by molar-refractivity contribution is 9.09. The average Bonchev–Trinajstić information content (AvgIpc) is 2.78. The van der Waals surface area contributed by atoms with Crippen LogP contribution in [0.15, 0.2) is 60.7 Å². The topological polar surface area (TPSA) is 3.24 Å². The lowest BCUT2D eigenvalue weighted by molar-refractivity contribution is 0.695. The van der Waals surface area contributed by atoms with E-state index in [1.807, 2.05) is 0 Å². The van der Waals surface area contributed by atoms with Gasteiger partial charge in [0.2, 0.25) is 0 Å². The molecule has 0 spiro atoms. The molecule has 0 amide bonds. The van der Waals surface area contributed by atoms with Gasteiger partial charge < -0.3 is 4.90 Å². The first-order valence-electron chi connectivity index (χ1n) is 7.40. The molecule has 21 heavy (non-hydrogen) atoms. The van der Waals surface area contributed by atoms with E-state index in [2.05, 4.69) is 95.4 Å². The standard InChI is InChI=1S/C19H20BrN/c1-14-10-11-19-17(13-14)15(2)18(9-6-12-20)21(19)16-7-4-3-5-8-16/h3-11,13,15,18H,12H2,1-2H3/b9-6-. The van der Waals surface area contributed by atoms with Gasteiger partial charge in [-0.05, 0) is 30.7 Å². The van der Waals surface area contributed by atoms with E-state index in [0.29, 0.717) is 12.0 Å². The molecule has 2 atom stereocenters. The maximum Gasteiger partial charge on any atom is 0.0589 e. The number of aryl methyl sites for hydroxylation is 1. The Kier molecular flexibility index (Phi) is 4.16. The molecule has 108 valence electrons. The minimum Gasteiger partial charge on any atom is -0.334 e. The van der Waals surface area contributed by atoms with Crippen LogP contribution in [0.3, 0.4) is 0 Å². The number of benzene rings is 2. The van der Waals surface area contributed by atoms with Gasteiger partial charge in [0, 0.05) is 22.6 Å². The summed E-state index contributed by atoms with van der Waals surface area (Å²) in [5.41, 5.74) is 5.38. The first kappa shape index (κ1) is 14.4. The largest absolute Gasteiger partial charge is 0.334 e. The third-order valence-electron chi connectivity index (χ3n) is 4.20. The Hall–Kier alpha value is -1.54. The average molecular weight is 342 g/mol. The second-order valence-corrected chi connectivity index (χ2v) is 6.28. The summed E-state index contributed by atoms with van der Waals surface area (Å²) in [4.78, 5) is 2.46. The van der Waals surface area contributed by atoms with Crippen molar-refractivity contribution in [3.05, 3.63) is 71.8 Å². The van der Waals surface area contributed by atoms with Crippen molar-refractivity contribution >= 4 is 27.3 Å². The molecule has 0 N–H and O–H groups in total. The van der Waals surface area contributed by atoms with Crippen molar-refractivity contribution in [1.29, 1.82) is 0 Å². The van der Waals surface area contributed by atoms with Crippen LogP contribution in [0.5, 0.6) is 0 Å². The third kappa shape index (κ3) is 2.65. The van der Waals surface area contributed by atoms with Crippen LogP contribution in [0, 0.1) is 6.92 Å². The summed E-state index contributed by atoms with van der Waals surface area (Å²) in [6, 6.07) is 17.8. The Labute approximate surface area is 135 Å². The van der Waals surface area contributed by atoms with Gasteiger partial charge in [-0.25, -0.2) is 0 Å². The molecule has 3 rings (SSSR count). The van der Waals surface area contributed by atoms with Gasteiger partial charge in [0.15, 0.2) is 0 Å². The fourth-order valence-electron chi connectivity index (χ4n) is 3.17. The second kappa shape index (κ2) is 6.07. The van der Waals surface area contributed by atoms with Gasteiger partial charge in [-0.15, -0.1) is 0 Å². The van der Waals surface area contributed by atoms with Crippen LogP contribution in [0.25, 0.3) is 0 Å². The fraction of sp³-hybridized carbons (Fsp3) is 0.263. The quantitative estimate of drug-likeness (QED) is 0.521. The van der Waals surface area contributed by atoms with E-state index in [-0.39, 0.29) is 0 Å². The number of fused-ring (bicyclic) bond motifs is 1. The molecular weight excluding hydrogens is 322 g/mol. The molecule has 0 radical (unpaired) electrons. The molecule has 0 aliphatic carbocycles. The van der Waals surface area contributed by atoms with E-state index >= 15 is 0 Å². The number of anilines is 2. The Morgan fingerprint density at radius 3 is 2.62 bits per heavy atom. The van der Waals surface area contributed by atoms with E-state index in [1.165, 1.54) is 22.5 Å². The smallest absolute Gasteiger partial charge is 0.0589 e. The monoisotopic (exact) mass is 341 g/mol. The summed E-state index contributed by atoms with van der Waals surface area (Å²) in [6.45, 7) is 4.49. The van der Waals surface area contributed by atoms with Crippen molar-refractivity contribution in [2.75, 3.05) is 10.2 Å². The highest BCUT2D eigenvalue weighted by atomic mass is 79.9. The van der Waals surface area contributed by atoms with Gasteiger partial charge >= 0.3 is 0 Å². The van der Waals surface area contributed by atoms with Crippen LogP contribution < -0.4 is 4.90 Å². The SMILES string of the molecule is Cc1ccc2c(c1)C(C)C(/C=C\CBr)N2c1ccccc1. The maximum absolute atomic E-state index is 3.49. The molecule has 2 aromatic rings. The van der Waals surface area contributed by atoms with Crippen molar-refractivity contribution in [1.82, 2.24) is 0 Å². The Balaban J connectivity index is 2.11. The Morgan fingerprint density at radius 2 is 1.90 bits per heavy atom. The predicted molar refractivity (Wildman–Crippen MR) is 94.9 cm³/mol. The number of hydrogen-bond donors (Lipinski definition) is 0. The Bertz CT molecular complexity index is 648. The van der Waals surface area contributed by atoms with Crippen molar-refractivity contribution in [2.24, 2.45) is 0 Å². The lowest BCUT2D eigenvalue weighted by Crippen LogP contribution is -2.27. The van der Waals surface area contributed by atoms with Gasteiger partial charge in [0.1, 0.15) is 0 Å². The van der Waals surface area contributed by atoms with Crippen molar-refractivity contribution in [3.63, 3.8) is 0 Å². The molecule has 1 nitrogen and oxygen atoms in total. The summed E-state index contributed by atoms with van der Waals surface area (Å²) < 4.78 is 0. The van der Waals surface area contributed by atoms with Crippen molar-refractivity contribution < 1.29 is 0 Å². The fourth-order valence-corrected chi connectivity index (χ4v) is 3.39. The normalized spacial score (nSPS) is 21.0. The first-order valence-corrected chi connectivity index (χ1v) is 8.52. The molecular formula is C19H20BrN. The van der Waals surface area contributed by atoms with E-state index in [4.69, 9.17) is 0 Å². The van der Waals surface area contributed by atoms with Gasteiger partial charge in [0.25, 0.3) is 0 Å². The highest BCUT2D eigenvalue weighted by Crippen LogP contribution is 2.45. The second-order valence-electron chi connectivity index (χ2n) is 5.63. The molecule has 1 heterocycles. The number of allylic oxidation sites excluding steroid dienone is 1. The molecule has 0 saturated carbocycles. The summed E-state index contributed by atoms with van der Waals surface area (Å²) in [5.74, 6) is 0.496. The zero-order valence-corrected chi connectivity index (χ0v) is 14.0. The lowest BCUT2D eigenvalue weighted by atomic mass is 9.95. The number of para-hydroxylation sites is 1. The number of rotatable bonds is 3. The molecule has 0 saturated heterocycles. The lowest BCUT2D eigenvalue weighted by Gasteiger charge is -2.27. The van der Waals surface area contributed by atoms with E-state index in [1.54, 1.807) is 0 Å². The molecule has 1 aliphatic heterocycles. The van der Waals surface area contributed by atoms with E-state index in [0.717, 1.165) is 5.33 Å². The molecule has 2 aromatic carbocycles. The number of alkyl halides is 1. The van der Waals surface area contributed by atoms with Crippen LogP contribution in [0.1, 0.15) is 24.0 Å². The molecule has 1 aliphatic rings. The van der Waals surface area contributed by atoms with Gasteiger partial charge in [-0.2, -0.15) is 0 Å². The molecule has 0 aromatic heterocycles. The molecule has 0 fully saturated rings. The van der Waals surface area contributed by atoms with Gasteiger partial charge in [-0.3, -0.25) is 0 Å². The van der Waals surface area contributed by atoms with E-state index in [9.17, 15) is 0 Å². The van der Waals surface area contributed by atoms with Crippen molar-refractivity contribution in [2.45, 2.75) is 25.8 Å². The summed E-state index contributed by atoms with van der Waals surface area (Å²) in [6.07, 6.45) is 4.53. The van der Waals surface area contributed by atoms with Crippen molar-refractivity contribution in [3.8, 4) is 0 Å². The van der Waals surface area contributed by atoms with Crippen LogP contribution in [-0.2, 0) is 0 Å². The van der Waals surface area contributed by atoms with Crippen LogP contribution in [0.2, 0.25) is 0 Å². The Morgan fingerprint density at radius 1 is 1.14 bits per heavy atom. The number of nitrogens with zero attached hydrogens (tertiary/aromatic N) is 1. The van der Waals surface area contributed by atoms with Crippen LogP contribution >= 0.6 is 15.9 Å². The molecule has 2 unspecified atom stereocenters. The van der Waals surface area contributed by atoms with Crippen LogP contribution in [0.4, 0.5) is 11.4 Å².